The van der Waals surface area contributed by atoms with Gasteiger partial charge in [0.15, 0.2) is 5.96 Å². The molecule has 2 N–H and O–H groups in total. The summed E-state index contributed by atoms with van der Waals surface area (Å²) < 4.78 is 5.45. The molecule has 2 aliphatic rings. The lowest BCUT2D eigenvalue weighted by Crippen LogP contribution is -2.40. The van der Waals surface area contributed by atoms with Crippen molar-refractivity contribution in [1.29, 1.82) is 0 Å². The predicted octanol–water partition coefficient (Wildman–Crippen LogP) is 3.57. The van der Waals surface area contributed by atoms with Crippen LogP contribution < -0.4 is 10.6 Å². The normalized spacial score (nSPS) is 18.8. The van der Waals surface area contributed by atoms with Crippen molar-refractivity contribution in [2.45, 2.75) is 31.3 Å². The molecule has 1 saturated carbocycles. The predicted molar refractivity (Wildman–Crippen MR) is 123 cm³/mol. The van der Waals surface area contributed by atoms with Crippen LogP contribution >= 0.6 is 11.6 Å². The highest BCUT2D eigenvalue weighted by Gasteiger charge is 2.44. The molecular weight excluding hydrogens is 396 g/mol. The van der Waals surface area contributed by atoms with Gasteiger partial charge in [-0.2, -0.15) is 0 Å². The third-order valence-corrected chi connectivity index (χ3v) is 6.30. The summed E-state index contributed by atoms with van der Waals surface area (Å²) in [5.41, 5.74) is 4.10. The summed E-state index contributed by atoms with van der Waals surface area (Å²) in [6.07, 6.45) is 2.36. The van der Waals surface area contributed by atoms with Crippen molar-refractivity contribution in [2.24, 2.45) is 4.99 Å². The lowest BCUT2D eigenvalue weighted by Gasteiger charge is -2.26. The number of guanidine groups is 1. The van der Waals surface area contributed by atoms with Gasteiger partial charge < -0.3 is 15.4 Å². The van der Waals surface area contributed by atoms with Crippen LogP contribution in [0.1, 0.15) is 29.5 Å². The maximum atomic E-state index is 6.19. The molecule has 2 fully saturated rings. The molecule has 0 bridgehead atoms. The van der Waals surface area contributed by atoms with Gasteiger partial charge in [0, 0.05) is 50.2 Å². The van der Waals surface area contributed by atoms with E-state index in [0.717, 1.165) is 56.9 Å². The molecule has 6 heteroatoms. The summed E-state index contributed by atoms with van der Waals surface area (Å²) >= 11 is 6.19. The van der Waals surface area contributed by atoms with Gasteiger partial charge in [-0.05, 0) is 41.7 Å². The van der Waals surface area contributed by atoms with Crippen molar-refractivity contribution < 1.29 is 4.74 Å². The molecule has 4 rings (SSSR count). The number of halogens is 1. The molecule has 0 unspecified atom stereocenters. The van der Waals surface area contributed by atoms with Gasteiger partial charge in [-0.1, -0.05) is 48.0 Å². The van der Waals surface area contributed by atoms with Gasteiger partial charge in [-0.25, -0.2) is 0 Å². The van der Waals surface area contributed by atoms with E-state index in [4.69, 9.17) is 16.3 Å². The summed E-state index contributed by atoms with van der Waals surface area (Å²) in [6, 6.07) is 17.0. The van der Waals surface area contributed by atoms with Gasteiger partial charge in [-0.3, -0.25) is 9.89 Å². The SMILES string of the molecule is CN=C(NCc1cccc(CN2CCOCC2)c1)NCC1(c2cccc(Cl)c2)CC1. The summed E-state index contributed by atoms with van der Waals surface area (Å²) in [7, 11) is 1.82. The topological polar surface area (TPSA) is 48.9 Å². The first-order valence-corrected chi connectivity index (χ1v) is 11.1. The number of aliphatic imine (C=N–C) groups is 1. The van der Waals surface area contributed by atoms with Crippen LogP contribution in [0.5, 0.6) is 0 Å². The fourth-order valence-corrected chi connectivity index (χ4v) is 4.24. The van der Waals surface area contributed by atoms with Gasteiger partial charge in [0.05, 0.1) is 13.2 Å². The second kappa shape index (κ2) is 9.82. The molecule has 160 valence electrons. The van der Waals surface area contributed by atoms with Crippen LogP contribution in [0.4, 0.5) is 0 Å². The Balaban J connectivity index is 1.29. The van der Waals surface area contributed by atoms with Crippen molar-refractivity contribution in [2.75, 3.05) is 39.9 Å². The Kier molecular flexibility index (Phi) is 6.93. The van der Waals surface area contributed by atoms with Gasteiger partial charge in [-0.15, -0.1) is 0 Å². The monoisotopic (exact) mass is 426 g/mol. The Bertz CT molecular complexity index is 875. The van der Waals surface area contributed by atoms with Crippen LogP contribution in [0.25, 0.3) is 0 Å². The molecule has 2 aromatic rings. The average molecular weight is 427 g/mol. The van der Waals surface area contributed by atoms with E-state index in [0.29, 0.717) is 0 Å². The zero-order valence-corrected chi connectivity index (χ0v) is 18.4. The zero-order chi connectivity index (χ0) is 20.8. The van der Waals surface area contributed by atoms with E-state index < -0.39 is 0 Å². The Morgan fingerprint density at radius 1 is 1.07 bits per heavy atom. The summed E-state index contributed by atoms with van der Waals surface area (Å²) in [5, 5.41) is 7.78. The number of nitrogens with one attached hydrogen (secondary N) is 2. The van der Waals surface area contributed by atoms with Gasteiger partial charge in [0.25, 0.3) is 0 Å². The lowest BCUT2D eigenvalue weighted by atomic mass is 9.96. The molecule has 1 saturated heterocycles. The summed E-state index contributed by atoms with van der Waals surface area (Å²) in [4.78, 5) is 6.85. The molecular formula is C24H31ClN4O. The maximum absolute atomic E-state index is 6.19. The molecule has 0 radical (unpaired) electrons. The number of nitrogens with zero attached hydrogens (tertiary/aromatic N) is 2. The van der Waals surface area contributed by atoms with E-state index in [9.17, 15) is 0 Å². The van der Waals surface area contributed by atoms with Crippen molar-refractivity contribution >= 4 is 17.6 Å². The molecule has 0 spiro atoms. The number of hydrogen-bond acceptors (Lipinski definition) is 3. The minimum absolute atomic E-state index is 0.181. The first-order valence-electron chi connectivity index (χ1n) is 10.8. The molecule has 5 nitrogen and oxygen atoms in total. The first-order chi connectivity index (χ1) is 14.7. The standard InChI is InChI=1S/C24H31ClN4O/c1-26-23(28-18-24(8-9-24)21-6-3-7-22(25)15-21)27-16-19-4-2-5-20(14-19)17-29-10-12-30-13-11-29/h2-7,14-15H,8-13,16-18H2,1H3,(H2,26,27,28). The molecule has 30 heavy (non-hydrogen) atoms. The molecule has 0 atom stereocenters. The van der Waals surface area contributed by atoms with Crippen LogP contribution in [0.3, 0.4) is 0 Å². The Morgan fingerprint density at radius 3 is 2.57 bits per heavy atom. The highest BCUT2D eigenvalue weighted by Crippen LogP contribution is 2.48. The van der Waals surface area contributed by atoms with E-state index in [1.54, 1.807) is 0 Å². The van der Waals surface area contributed by atoms with Gasteiger partial charge >= 0.3 is 0 Å². The third-order valence-electron chi connectivity index (χ3n) is 6.07. The maximum Gasteiger partial charge on any atom is 0.191 e. The molecule has 1 aliphatic carbocycles. The molecule has 0 amide bonds. The van der Waals surface area contributed by atoms with E-state index in [2.05, 4.69) is 56.9 Å². The van der Waals surface area contributed by atoms with Crippen LogP contribution in [0.15, 0.2) is 53.5 Å². The fraction of sp³-hybridized carbons (Fsp3) is 0.458. The van der Waals surface area contributed by atoms with Crippen LogP contribution in [0, 0.1) is 0 Å². The largest absolute Gasteiger partial charge is 0.379 e. The minimum Gasteiger partial charge on any atom is -0.379 e. The van der Waals surface area contributed by atoms with Gasteiger partial charge in [0.2, 0.25) is 0 Å². The van der Waals surface area contributed by atoms with Crippen LogP contribution in [0.2, 0.25) is 5.02 Å². The van der Waals surface area contributed by atoms with E-state index >= 15 is 0 Å². The molecule has 1 heterocycles. The molecule has 1 aliphatic heterocycles. The van der Waals surface area contributed by atoms with E-state index in [1.165, 1.54) is 29.5 Å². The number of ether oxygens (including phenoxy) is 1. The van der Waals surface area contributed by atoms with Crippen molar-refractivity contribution in [3.05, 3.63) is 70.2 Å². The minimum atomic E-state index is 0.181. The number of hydrogen-bond donors (Lipinski definition) is 2. The first kappa shape index (κ1) is 21.2. The lowest BCUT2D eigenvalue weighted by molar-refractivity contribution is 0.0342. The quantitative estimate of drug-likeness (QED) is 0.525. The Labute approximate surface area is 184 Å². The van der Waals surface area contributed by atoms with Crippen molar-refractivity contribution in [3.8, 4) is 0 Å². The fourth-order valence-electron chi connectivity index (χ4n) is 4.05. The number of rotatable bonds is 7. The third kappa shape index (κ3) is 5.54. The van der Waals surface area contributed by atoms with E-state index in [-0.39, 0.29) is 5.41 Å². The van der Waals surface area contributed by atoms with Crippen LogP contribution in [-0.2, 0) is 23.2 Å². The second-order valence-corrected chi connectivity index (χ2v) is 8.71. The van der Waals surface area contributed by atoms with E-state index in [1.807, 2.05) is 19.2 Å². The second-order valence-electron chi connectivity index (χ2n) is 8.28. The highest BCUT2D eigenvalue weighted by molar-refractivity contribution is 6.30. The summed E-state index contributed by atoms with van der Waals surface area (Å²) in [5.74, 6) is 0.835. The highest BCUT2D eigenvalue weighted by atomic mass is 35.5. The van der Waals surface area contributed by atoms with Crippen molar-refractivity contribution in [1.82, 2.24) is 15.5 Å². The molecule has 0 aromatic heterocycles. The van der Waals surface area contributed by atoms with Crippen LogP contribution in [-0.4, -0.2) is 50.8 Å². The smallest absolute Gasteiger partial charge is 0.191 e. The molecule has 2 aromatic carbocycles. The summed E-state index contributed by atoms with van der Waals surface area (Å²) in [6.45, 7) is 6.28. The number of benzene rings is 2. The Hall–Kier alpha value is -2.08. The Morgan fingerprint density at radius 2 is 1.83 bits per heavy atom. The zero-order valence-electron chi connectivity index (χ0n) is 17.7. The number of morpholine rings is 1. The van der Waals surface area contributed by atoms with Crippen molar-refractivity contribution in [3.63, 3.8) is 0 Å². The average Bonchev–Trinajstić information content (AvgIpc) is 3.56. The van der Waals surface area contributed by atoms with Gasteiger partial charge in [0.1, 0.15) is 0 Å².